The van der Waals surface area contributed by atoms with E-state index in [0.717, 1.165) is 30.5 Å². The first-order valence-electron chi connectivity index (χ1n) is 10.4. The number of fused-ring (bicyclic) bond motifs is 1. The minimum atomic E-state index is -4.55. The summed E-state index contributed by atoms with van der Waals surface area (Å²) in [6, 6.07) is -1.09. The third kappa shape index (κ3) is 6.14. The molecule has 0 spiro atoms. The number of rotatable bonds is 7. The molecule has 0 saturated carbocycles. The van der Waals surface area contributed by atoms with Gasteiger partial charge in [-0.05, 0) is 33.3 Å². The molecule has 0 atom stereocenters. The van der Waals surface area contributed by atoms with Crippen molar-refractivity contribution in [2.75, 3.05) is 13.7 Å². The maximum atomic E-state index is 13.1. The van der Waals surface area contributed by atoms with E-state index in [4.69, 9.17) is 10.5 Å². The summed E-state index contributed by atoms with van der Waals surface area (Å²) < 4.78 is 45.5. The number of nitrogens with zero attached hydrogens (tertiary/aromatic N) is 4. The van der Waals surface area contributed by atoms with Gasteiger partial charge in [-0.1, -0.05) is 0 Å². The van der Waals surface area contributed by atoms with Crippen LogP contribution in [0.2, 0.25) is 0 Å². The quantitative estimate of drug-likeness (QED) is 0.535. The Hall–Kier alpha value is -3.07. The Morgan fingerprint density at radius 1 is 1.14 bits per heavy atom. The predicted molar refractivity (Wildman–Crippen MR) is 122 cm³/mol. The highest BCUT2D eigenvalue weighted by molar-refractivity contribution is 7.18. The second-order valence-electron chi connectivity index (χ2n) is 8.74. The summed E-state index contributed by atoms with van der Waals surface area (Å²) in [5.41, 5.74) is 3.03. The standard InChI is InChI=1S/C20H28F3N5O6S/c1-11-12(10-27(16(24)30)28(18(32)33)19(2,3)4)35-15-13(11)14(29)25(8-9-34-5)17(31)26(15)7-6-20(21,22)23/h6-10H2,1-5H3,(H2,24,30)(H,32,33). The number of amides is 3. The van der Waals surface area contributed by atoms with E-state index in [2.05, 4.69) is 0 Å². The molecule has 35 heavy (non-hydrogen) atoms. The van der Waals surface area contributed by atoms with Gasteiger partial charge in [-0.25, -0.2) is 24.4 Å². The number of aromatic nitrogens is 2. The molecule has 2 heterocycles. The van der Waals surface area contributed by atoms with E-state index in [-0.39, 0.29) is 34.8 Å². The largest absolute Gasteiger partial charge is 0.464 e. The second kappa shape index (κ2) is 10.3. The third-order valence-corrected chi connectivity index (χ3v) is 6.44. The number of ether oxygens (including phenoxy) is 1. The van der Waals surface area contributed by atoms with Gasteiger partial charge in [-0.3, -0.25) is 13.9 Å². The molecule has 2 aromatic heterocycles. The van der Waals surface area contributed by atoms with Crippen LogP contribution < -0.4 is 17.0 Å². The lowest BCUT2D eigenvalue weighted by Gasteiger charge is -2.40. The van der Waals surface area contributed by atoms with Gasteiger partial charge in [0, 0.05) is 18.5 Å². The van der Waals surface area contributed by atoms with Gasteiger partial charge in [0.05, 0.1) is 37.0 Å². The molecule has 0 aliphatic rings. The SMILES string of the molecule is COCCn1c(=O)c2c(C)c(CN(C(N)=O)N(C(=O)O)C(C)(C)C)sc2n(CCC(F)(F)F)c1=O. The number of carboxylic acid groups (broad SMARTS) is 1. The van der Waals surface area contributed by atoms with E-state index in [1.807, 2.05) is 0 Å². The number of hydrogen-bond donors (Lipinski definition) is 2. The fourth-order valence-corrected chi connectivity index (χ4v) is 4.84. The monoisotopic (exact) mass is 523 g/mol. The van der Waals surface area contributed by atoms with E-state index >= 15 is 0 Å². The Morgan fingerprint density at radius 2 is 1.74 bits per heavy atom. The van der Waals surface area contributed by atoms with Crippen LogP contribution in [0.25, 0.3) is 10.2 Å². The molecule has 196 valence electrons. The van der Waals surface area contributed by atoms with Gasteiger partial charge >= 0.3 is 24.0 Å². The number of methoxy groups -OCH3 is 1. The summed E-state index contributed by atoms with van der Waals surface area (Å²) in [6.45, 7) is 4.82. The van der Waals surface area contributed by atoms with Crippen LogP contribution in [-0.2, 0) is 24.4 Å². The minimum absolute atomic E-state index is 0.00457. The van der Waals surface area contributed by atoms with Gasteiger partial charge in [0.2, 0.25) is 0 Å². The zero-order valence-corrected chi connectivity index (χ0v) is 20.7. The summed E-state index contributed by atoms with van der Waals surface area (Å²) in [6.07, 6.45) is -7.31. The molecule has 3 amide bonds. The molecule has 15 heteroatoms. The van der Waals surface area contributed by atoms with E-state index in [0.29, 0.717) is 5.56 Å². The van der Waals surface area contributed by atoms with Gasteiger partial charge in [0.1, 0.15) is 4.83 Å². The molecular weight excluding hydrogens is 495 g/mol. The Kier molecular flexibility index (Phi) is 8.27. The summed E-state index contributed by atoms with van der Waals surface area (Å²) in [5, 5.41) is 11.2. The normalized spacial score (nSPS) is 12.2. The van der Waals surface area contributed by atoms with E-state index in [9.17, 15) is 37.5 Å². The van der Waals surface area contributed by atoms with Crippen LogP contribution >= 0.6 is 11.3 Å². The van der Waals surface area contributed by atoms with Crippen molar-refractivity contribution in [3.8, 4) is 0 Å². The number of hydrazine groups is 1. The number of aryl methyl sites for hydroxylation is 2. The maximum Gasteiger partial charge on any atom is 0.426 e. The van der Waals surface area contributed by atoms with Crippen LogP contribution in [-0.4, -0.2) is 61.8 Å². The van der Waals surface area contributed by atoms with Crippen molar-refractivity contribution in [2.45, 2.75) is 65.5 Å². The number of alkyl halides is 3. The summed E-state index contributed by atoms with van der Waals surface area (Å²) >= 11 is 0.829. The topological polar surface area (TPSA) is 140 Å². The smallest absolute Gasteiger partial charge is 0.426 e. The molecule has 11 nitrogen and oxygen atoms in total. The average Bonchev–Trinajstić information content (AvgIpc) is 3.01. The van der Waals surface area contributed by atoms with Crippen LogP contribution in [0, 0.1) is 6.92 Å². The highest BCUT2D eigenvalue weighted by Crippen LogP contribution is 2.31. The number of carbonyl (C=O) groups excluding carboxylic acids is 1. The second-order valence-corrected chi connectivity index (χ2v) is 9.82. The molecule has 0 bridgehead atoms. The van der Waals surface area contributed by atoms with Gasteiger partial charge < -0.3 is 15.6 Å². The van der Waals surface area contributed by atoms with Gasteiger partial charge in [-0.2, -0.15) is 13.2 Å². The fraction of sp³-hybridized carbons (Fsp3) is 0.600. The predicted octanol–water partition coefficient (Wildman–Crippen LogP) is 2.71. The van der Waals surface area contributed by atoms with Crippen LogP contribution in [0.1, 0.15) is 37.6 Å². The summed E-state index contributed by atoms with van der Waals surface area (Å²) in [7, 11) is 1.35. The number of nitrogens with two attached hydrogens (primary N) is 1. The number of hydrogen-bond acceptors (Lipinski definition) is 6. The number of primary amides is 1. The lowest BCUT2D eigenvalue weighted by Crippen LogP contribution is -2.58. The lowest BCUT2D eigenvalue weighted by atomic mass is 10.1. The van der Waals surface area contributed by atoms with Crippen molar-refractivity contribution in [3.63, 3.8) is 0 Å². The fourth-order valence-electron chi connectivity index (χ4n) is 3.54. The van der Waals surface area contributed by atoms with E-state index in [1.54, 1.807) is 0 Å². The van der Waals surface area contributed by atoms with Crippen molar-refractivity contribution >= 4 is 33.7 Å². The Bertz CT molecular complexity index is 1230. The number of halogens is 3. The first-order chi connectivity index (χ1) is 16.0. The molecule has 3 N–H and O–H groups in total. The molecule has 0 unspecified atom stereocenters. The highest BCUT2D eigenvalue weighted by atomic mass is 32.1. The zero-order chi connectivity index (χ0) is 26.9. The Balaban J connectivity index is 2.76. The highest BCUT2D eigenvalue weighted by Gasteiger charge is 2.35. The van der Waals surface area contributed by atoms with Gasteiger partial charge in [-0.15, -0.1) is 11.3 Å². The van der Waals surface area contributed by atoms with Crippen molar-refractivity contribution in [1.82, 2.24) is 19.2 Å². The Labute approximate surface area is 202 Å². The number of carbonyl (C=O) groups is 2. The summed E-state index contributed by atoms with van der Waals surface area (Å²) in [4.78, 5) is 50.4. The molecule has 0 radical (unpaired) electrons. The summed E-state index contributed by atoms with van der Waals surface area (Å²) in [5.74, 6) is 0. The van der Waals surface area contributed by atoms with Gasteiger partial charge in [0.25, 0.3) is 5.56 Å². The molecule has 0 aliphatic heterocycles. The van der Waals surface area contributed by atoms with Crippen molar-refractivity contribution < 1.29 is 32.6 Å². The minimum Gasteiger partial charge on any atom is -0.464 e. The van der Waals surface area contributed by atoms with Crippen molar-refractivity contribution in [2.24, 2.45) is 5.73 Å². The van der Waals surface area contributed by atoms with E-state index < -0.39 is 48.1 Å². The molecule has 0 fully saturated rings. The van der Waals surface area contributed by atoms with Crippen LogP contribution in [0.5, 0.6) is 0 Å². The Morgan fingerprint density at radius 3 is 2.20 bits per heavy atom. The zero-order valence-electron chi connectivity index (χ0n) is 19.9. The first-order valence-corrected chi connectivity index (χ1v) is 11.2. The van der Waals surface area contributed by atoms with E-state index in [1.165, 1.54) is 34.8 Å². The molecule has 2 aromatic rings. The lowest BCUT2D eigenvalue weighted by molar-refractivity contribution is -0.136. The van der Waals surface area contributed by atoms with Crippen LogP contribution in [0.4, 0.5) is 22.8 Å². The third-order valence-electron chi connectivity index (χ3n) is 5.14. The molecule has 2 rings (SSSR count). The average molecular weight is 524 g/mol. The first kappa shape index (κ1) is 28.2. The number of urea groups is 1. The molecule has 0 aliphatic carbocycles. The van der Waals surface area contributed by atoms with Crippen LogP contribution in [0.3, 0.4) is 0 Å². The van der Waals surface area contributed by atoms with Crippen LogP contribution in [0.15, 0.2) is 9.59 Å². The molecule has 0 aromatic carbocycles. The number of thiophene rings is 1. The van der Waals surface area contributed by atoms with Gasteiger partial charge in [0.15, 0.2) is 0 Å². The molecule has 0 saturated heterocycles. The van der Waals surface area contributed by atoms with Crippen molar-refractivity contribution in [3.05, 3.63) is 31.3 Å². The molecular formula is C20H28F3N5O6S. The maximum absolute atomic E-state index is 13.1. The van der Waals surface area contributed by atoms with Crippen molar-refractivity contribution in [1.29, 1.82) is 0 Å².